The molecule has 0 unspecified atom stereocenters. The predicted octanol–water partition coefficient (Wildman–Crippen LogP) is 4.44. The Hall–Kier alpha value is -4.19. The summed E-state index contributed by atoms with van der Waals surface area (Å²) in [6, 6.07) is 24.7. The number of hydrogen-bond acceptors (Lipinski definition) is 4. The van der Waals surface area contributed by atoms with E-state index in [1.807, 2.05) is 48.2 Å². The third-order valence-electron chi connectivity index (χ3n) is 6.64. The average molecular weight is 466 g/mol. The molecule has 1 fully saturated rings. The summed E-state index contributed by atoms with van der Waals surface area (Å²) in [7, 11) is 0. The molecule has 35 heavy (non-hydrogen) atoms. The van der Waals surface area contributed by atoms with Crippen LogP contribution in [0.2, 0.25) is 0 Å². The quantitative estimate of drug-likeness (QED) is 0.484. The Morgan fingerprint density at radius 1 is 0.829 bits per heavy atom. The summed E-state index contributed by atoms with van der Waals surface area (Å²) in [5.41, 5.74) is 5.11. The van der Waals surface area contributed by atoms with Gasteiger partial charge in [0.25, 0.3) is 5.91 Å². The van der Waals surface area contributed by atoms with Crippen LogP contribution in [0, 0.1) is 6.92 Å². The minimum atomic E-state index is -0.212. The molecule has 1 saturated heterocycles. The molecule has 6 nitrogen and oxygen atoms in total. The summed E-state index contributed by atoms with van der Waals surface area (Å²) in [4.78, 5) is 34.5. The SMILES string of the molecule is Cc1nc2ccccc2c(-c2ccccc2)c1CC(=O)N1CCN(C(=O)c2ccccc2O)CC1. The molecule has 5 rings (SSSR count). The summed E-state index contributed by atoms with van der Waals surface area (Å²) in [5.74, 6) is -0.211. The van der Waals surface area contributed by atoms with Crippen LogP contribution in [0.1, 0.15) is 21.6 Å². The van der Waals surface area contributed by atoms with Crippen LogP contribution in [-0.4, -0.2) is 57.9 Å². The smallest absolute Gasteiger partial charge is 0.257 e. The molecule has 0 bridgehead atoms. The zero-order valence-electron chi connectivity index (χ0n) is 19.6. The second-order valence-electron chi connectivity index (χ2n) is 8.80. The zero-order valence-corrected chi connectivity index (χ0v) is 19.6. The highest BCUT2D eigenvalue weighted by molar-refractivity contribution is 5.99. The van der Waals surface area contributed by atoms with E-state index in [9.17, 15) is 14.7 Å². The van der Waals surface area contributed by atoms with Crippen molar-refractivity contribution in [2.45, 2.75) is 13.3 Å². The molecule has 0 atom stereocenters. The number of amides is 2. The summed E-state index contributed by atoms with van der Waals surface area (Å²) >= 11 is 0. The molecule has 0 saturated carbocycles. The number of hydrogen-bond donors (Lipinski definition) is 1. The lowest BCUT2D eigenvalue weighted by atomic mass is 9.92. The summed E-state index contributed by atoms with van der Waals surface area (Å²) < 4.78 is 0. The van der Waals surface area contributed by atoms with Gasteiger partial charge in [0.1, 0.15) is 5.75 Å². The molecule has 4 aromatic rings. The maximum Gasteiger partial charge on any atom is 0.257 e. The average Bonchev–Trinajstić information content (AvgIpc) is 2.89. The molecule has 176 valence electrons. The van der Waals surface area contributed by atoms with E-state index in [4.69, 9.17) is 4.98 Å². The van der Waals surface area contributed by atoms with Crippen LogP contribution in [0.5, 0.6) is 5.75 Å². The summed E-state index contributed by atoms with van der Waals surface area (Å²) in [6.07, 6.45) is 0.251. The van der Waals surface area contributed by atoms with Crippen molar-refractivity contribution in [1.82, 2.24) is 14.8 Å². The highest BCUT2D eigenvalue weighted by Crippen LogP contribution is 2.33. The molecular formula is C29H27N3O3. The predicted molar refractivity (Wildman–Crippen MR) is 136 cm³/mol. The zero-order chi connectivity index (χ0) is 24.4. The molecule has 0 radical (unpaired) electrons. The molecule has 0 spiro atoms. The summed E-state index contributed by atoms with van der Waals surface area (Å²) in [6.45, 7) is 3.74. The van der Waals surface area contributed by atoms with E-state index in [0.29, 0.717) is 26.2 Å². The standard InChI is InChI=1S/C29H27N3O3/c1-20-24(28(21-9-3-2-4-10-21)22-11-5-7-13-25(22)30-20)19-27(34)31-15-17-32(18-16-31)29(35)23-12-6-8-14-26(23)33/h2-14,33H,15-19H2,1H3. The Morgan fingerprint density at radius 2 is 1.46 bits per heavy atom. The van der Waals surface area contributed by atoms with Crippen LogP contribution in [0.3, 0.4) is 0 Å². The van der Waals surface area contributed by atoms with Crippen LogP contribution in [0.15, 0.2) is 78.9 Å². The second-order valence-corrected chi connectivity index (χ2v) is 8.80. The second kappa shape index (κ2) is 9.58. The molecule has 2 amide bonds. The van der Waals surface area contributed by atoms with Crippen molar-refractivity contribution in [3.8, 4) is 16.9 Å². The number of phenolic OH excluding ortho intramolecular Hbond substituents is 1. The van der Waals surface area contributed by atoms with Gasteiger partial charge in [-0.2, -0.15) is 0 Å². The molecule has 0 aliphatic carbocycles. The third-order valence-corrected chi connectivity index (χ3v) is 6.64. The van der Waals surface area contributed by atoms with Gasteiger partial charge >= 0.3 is 0 Å². The fourth-order valence-corrected chi connectivity index (χ4v) is 4.77. The Morgan fingerprint density at radius 3 is 2.20 bits per heavy atom. The van der Waals surface area contributed by atoms with Gasteiger partial charge in [-0.1, -0.05) is 60.7 Å². The number of para-hydroxylation sites is 2. The first-order chi connectivity index (χ1) is 17.0. The number of aromatic hydroxyl groups is 1. The van der Waals surface area contributed by atoms with Crippen LogP contribution >= 0.6 is 0 Å². The van der Waals surface area contributed by atoms with Gasteiger partial charge in [-0.25, -0.2) is 0 Å². The minimum absolute atomic E-state index is 0.0243. The lowest BCUT2D eigenvalue weighted by Crippen LogP contribution is -2.51. The van der Waals surface area contributed by atoms with Crippen LogP contribution in [0.25, 0.3) is 22.0 Å². The van der Waals surface area contributed by atoms with E-state index >= 15 is 0 Å². The van der Waals surface area contributed by atoms with E-state index in [1.54, 1.807) is 23.1 Å². The van der Waals surface area contributed by atoms with Gasteiger partial charge in [-0.3, -0.25) is 14.6 Å². The van der Waals surface area contributed by atoms with Crippen molar-refractivity contribution >= 4 is 22.7 Å². The van der Waals surface area contributed by atoms with Crippen molar-refractivity contribution in [2.75, 3.05) is 26.2 Å². The number of piperazine rings is 1. The molecular weight excluding hydrogens is 438 g/mol. The molecule has 1 aromatic heterocycles. The number of carbonyl (C=O) groups excluding carboxylic acids is 2. The lowest BCUT2D eigenvalue weighted by Gasteiger charge is -2.35. The van der Waals surface area contributed by atoms with E-state index in [2.05, 4.69) is 18.2 Å². The number of fused-ring (bicyclic) bond motifs is 1. The first kappa shape index (κ1) is 22.6. The Balaban J connectivity index is 1.37. The van der Waals surface area contributed by atoms with Gasteiger partial charge in [-0.15, -0.1) is 0 Å². The molecule has 1 aliphatic rings. The normalized spacial score (nSPS) is 13.7. The Labute approximate surface area is 204 Å². The van der Waals surface area contributed by atoms with Gasteiger partial charge in [-0.05, 0) is 41.8 Å². The molecule has 1 aliphatic heterocycles. The number of nitrogens with zero attached hydrogens (tertiary/aromatic N) is 3. The van der Waals surface area contributed by atoms with Gasteiger partial charge in [0, 0.05) is 37.3 Å². The maximum absolute atomic E-state index is 13.4. The molecule has 6 heteroatoms. The van der Waals surface area contributed by atoms with E-state index < -0.39 is 0 Å². The van der Waals surface area contributed by atoms with E-state index in [-0.39, 0.29) is 29.5 Å². The van der Waals surface area contributed by atoms with Crippen molar-refractivity contribution in [2.24, 2.45) is 0 Å². The minimum Gasteiger partial charge on any atom is -0.507 e. The lowest BCUT2D eigenvalue weighted by molar-refractivity contribution is -0.131. The number of aryl methyl sites for hydroxylation is 1. The van der Waals surface area contributed by atoms with E-state index in [1.165, 1.54) is 6.07 Å². The Bertz CT molecular complexity index is 1390. The van der Waals surface area contributed by atoms with E-state index in [0.717, 1.165) is 33.3 Å². The van der Waals surface area contributed by atoms with Gasteiger partial charge < -0.3 is 14.9 Å². The fourth-order valence-electron chi connectivity index (χ4n) is 4.77. The Kier molecular flexibility index (Phi) is 6.19. The number of carbonyl (C=O) groups is 2. The van der Waals surface area contributed by atoms with Crippen LogP contribution in [0.4, 0.5) is 0 Å². The first-order valence-electron chi connectivity index (χ1n) is 11.8. The first-order valence-corrected chi connectivity index (χ1v) is 11.8. The largest absolute Gasteiger partial charge is 0.507 e. The number of rotatable bonds is 4. The molecule has 1 N–H and O–H groups in total. The van der Waals surface area contributed by atoms with Gasteiger partial charge in [0.05, 0.1) is 17.5 Å². The fraction of sp³-hybridized carbons (Fsp3) is 0.207. The monoisotopic (exact) mass is 465 g/mol. The number of phenols is 1. The van der Waals surface area contributed by atoms with Crippen molar-refractivity contribution in [1.29, 1.82) is 0 Å². The van der Waals surface area contributed by atoms with Crippen molar-refractivity contribution in [3.63, 3.8) is 0 Å². The van der Waals surface area contributed by atoms with Crippen LogP contribution < -0.4 is 0 Å². The molecule has 2 heterocycles. The third kappa shape index (κ3) is 4.47. The van der Waals surface area contributed by atoms with Crippen LogP contribution in [-0.2, 0) is 11.2 Å². The maximum atomic E-state index is 13.4. The highest BCUT2D eigenvalue weighted by Gasteiger charge is 2.27. The molecule has 3 aromatic carbocycles. The van der Waals surface area contributed by atoms with Gasteiger partial charge in [0.15, 0.2) is 0 Å². The highest BCUT2D eigenvalue weighted by atomic mass is 16.3. The number of benzene rings is 3. The topological polar surface area (TPSA) is 73.7 Å². The summed E-state index contributed by atoms with van der Waals surface area (Å²) in [5, 5.41) is 11.1. The van der Waals surface area contributed by atoms with Crippen molar-refractivity contribution in [3.05, 3.63) is 95.7 Å². The van der Waals surface area contributed by atoms with Crippen molar-refractivity contribution < 1.29 is 14.7 Å². The number of aromatic nitrogens is 1. The van der Waals surface area contributed by atoms with Gasteiger partial charge in [0.2, 0.25) is 5.91 Å². The number of pyridine rings is 1.